The Balaban J connectivity index is 1.32. The molecule has 128 heavy (non-hydrogen) atoms. The zero-order valence-electron chi connectivity index (χ0n) is 75.0. The van der Waals surface area contributed by atoms with Crippen LogP contribution in [0.1, 0.15) is 208 Å². The molecular formula is C82H147N11O34P-. The largest absolute Gasteiger partial charge is 0.756 e. The van der Waals surface area contributed by atoms with E-state index in [1.807, 2.05) is 0 Å². The predicted molar refractivity (Wildman–Crippen MR) is 451 cm³/mol. The molecule has 4 heterocycles. The Bertz CT molecular complexity index is 3080. The maximum Gasteiger partial charge on any atom is 0.268 e. The van der Waals surface area contributed by atoms with E-state index >= 15 is 0 Å². The van der Waals surface area contributed by atoms with E-state index in [-0.39, 0.29) is 193 Å². The third-order valence-electron chi connectivity index (χ3n) is 21.0. The van der Waals surface area contributed by atoms with Gasteiger partial charge in [-0.15, -0.1) is 0 Å². The van der Waals surface area contributed by atoms with E-state index in [1.165, 1.54) is 25.7 Å². The third-order valence-corrected chi connectivity index (χ3v) is 22.3. The van der Waals surface area contributed by atoms with Gasteiger partial charge in [0.1, 0.15) is 78.6 Å². The van der Waals surface area contributed by atoms with Crippen LogP contribution in [0.3, 0.4) is 0 Å². The van der Waals surface area contributed by atoms with Crippen molar-refractivity contribution in [2.45, 2.75) is 324 Å². The van der Waals surface area contributed by atoms with E-state index in [0.29, 0.717) is 77.0 Å². The molecule has 20 N–H and O–H groups in total. The second-order valence-corrected chi connectivity index (χ2v) is 34.9. The molecule has 0 bridgehead atoms. The molecule has 46 heteroatoms. The number of rotatable bonds is 67. The summed E-state index contributed by atoms with van der Waals surface area (Å²) in [5, 5.41) is 129. The van der Waals surface area contributed by atoms with E-state index in [4.69, 9.17) is 51.7 Å². The second-order valence-electron chi connectivity index (χ2n) is 33.5. The van der Waals surface area contributed by atoms with Crippen LogP contribution < -0.4 is 58.1 Å². The molecule has 4 fully saturated rings. The van der Waals surface area contributed by atoms with Crippen molar-refractivity contribution >= 4 is 72.8 Å². The highest BCUT2D eigenvalue weighted by atomic mass is 31.2. The molecule has 740 valence electrons. The molecule has 11 amide bonds. The van der Waals surface area contributed by atoms with Crippen LogP contribution in [0.2, 0.25) is 0 Å². The summed E-state index contributed by atoms with van der Waals surface area (Å²) in [6, 6.07) is -3.96. The number of ether oxygens (including phenoxy) is 9. The third kappa shape index (κ3) is 46.7. The summed E-state index contributed by atoms with van der Waals surface area (Å²) in [5.41, 5.74) is -2.48. The number of carbonyl (C=O) groups excluding carboxylic acids is 11. The van der Waals surface area contributed by atoms with Gasteiger partial charge in [0.15, 0.2) is 18.9 Å². The molecule has 0 aliphatic carbocycles. The number of aliphatic hydroxyl groups is 10. The van der Waals surface area contributed by atoms with Gasteiger partial charge in [-0.25, -0.2) is 0 Å². The highest BCUT2D eigenvalue weighted by molar-refractivity contribution is 7.45. The summed E-state index contributed by atoms with van der Waals surface area (Å²) in [7, 11) is -4.67. The average molecular weight is 1860 g/mol. The monoisotopic (exact) mass is 1860 g/mol. The lowest BCUT2D eigenvalue weighted by atomic mass is 9.97. The Morgan fingerprint density at radius 2 is 0.695 bits per heavy atom. The molecule has 4 rings (SSSR count). The fraction of sp³-hybridized carbons (Fsp3) is 0.866. The Hall–Kier alpha value is -6.48. The lowest BCUT2D eigenvalue weighted by molar-refractivity contribution is -0.270. The van der Waals surface area contributed by atoms with Crippen LogP contribution in [-0.2, 0) is 109 Å². The van der Waals surface area contributed by atoms with Crippen LogP contribution in [-0.4, -0.2) is 368 Å². The van der Waals surface area contributed by atoms with Crippen molar-refractivity contribution in [1.29, 1.82) is 0 Å². The molecular weight excluding hydrogens is 1710 g/mol. The van der Waals surface area contributed by atoms with E-state index in [1.54, 1.807) is 20.8 Å². The SMILES string of the molecule is CC(=O)NC1C(OCCCCC(=O)NCCCNC(=O)CCOCC(COCCC(=O)NCCCNC(=O)CCCCOC2OC(CO)C(O)C(O)C2NC(C)=O)(COCCC(=O)NCCCNC(=O)CCCCOC2OC(CO)C(O)C(O)C2NC(C)=O)NC(=O)CCCCCCCCCCC(=O)N2C[C@H](O)C[C@H]2COP(=O)([O-])OC(C)(C)C)OC(CO)C(O)C1O. The number of likely N-dealkylation sites (tertiary alicyclic amines) is 1. The van der Waals surface area contributed by atoms with Crippen molar-refractivity contribution in [3.05, 3.63) is 0 Å². The number of β-amino-alcohol motifs (C(OH)–C–C–N with tert-alkyl or cyclic N) is 1. The molecule has 16 unspecified atom stereocenters. The van der Waals surface area contributed by atoms with Crippen LogP contribution >= 0.6 is 7.82 Å². The molecule has 0 radical (unpaired) electrons. The number of unbranched alkanes of at least 4 members (excludes halogenated alkanes) is 10. The maximum absolute atomic E-state index is 14.1. The second kappa shape index (κ2) is 62.8. The van der Waals surface area contributed by atoms with Gasteiger partial charge >= 0.3 is 0 Å². The lowest BCUT2D eigenvalue weighted by Crippen LogP contribution is -2.64. The van der Waals surface area contributed by atoms with Crippen molar-refractivity contribution in [1.82, 2.24) is 58.1 Å². The van der Waals surface area contributed by atoms with Gasteiger partial charge in [-0.05, 0) is 97.8 Å². The fourth-order valence-electron chi connectivity index (χ4n) is 14.3. The Kier molecular flexibility index (Phi) is 55.9. The van der Waals surface area contributed by atoms with Crippen LogP contribution in [0.4, 0.5) is 0 Å². The van der Waals surface area contributed by atoms with Crippen molar-refractivity contribution in [3.8, 4) is 0 Å². The topological polar surface area (TPSA) is 655 Å². The number of amides is 11. The number of phosphoric ester groups is 1. The fourth-order valence-corrected chi connectivity index (χ4v) is 15.4. The lowest BCUT2D eigenvalue weighted by Gasteiger charge is -2.42. The summed E-state index contributed by atoms with van der Waals surface area (Å²) < 4.78 is 74.8. The van der Waals surface area contributed by atoms with Crippen molar-refractivity contribution < 1.29 is 165 Å². The number of phosphoric acid groups is 1. The molecule has 4 saturated heterocycles. The van der Waals surface area contributed by atoms with Crippen LogP contribution in [0.5, 0.6) is 0 Å². The zero-order valence-corrected chi connectivity index (χ0v) is 75.9. The van der Waals surface area contributed by atoms with Gasteiger partial charge in [0.25, 0.3) is 7.82 Å². The summed E-state index contributed by atoms with van der Waals surface area (Å²) in [6.45, 7) is 6.39. The minimum absolute atomic E-state index is 0.0617. The van der Waals surface area contributed by atoms with Gasteiger partial charge in [0.05, 0.1) is 83.8 Å². The first-order valence-electron chi connectivity index (χ1n) is 44.7. The number of hydrogen-bond acceptors (Lipinski definition) is 34. The quantitative estimate of drug-likeness (QED) is 0.0202. The highest BCUT2D eigenvalue weighted by Crippen LogP contribution is 2.44. The molecule has 4 aliphatic rings. The Morgan fingerprint density at radius 1 is 0.398 bits per heavy atom. The smallest absolute Gasteiger partial charge is 0.268 e. The van der Waals surface area contributed by atoms with Gasteiger partial charge < -0.3 is 166 Å². The minimum atomic E-state index is -4.67. The maximum atomic E-state index is 14.1. The Labute approximate surface area is 748 Å². The van der Waals surface area contributed by atoms with E-state index in [2.05, 4.69) is 53.2 Å². The first kappa shape index (κ1) is 114. The molecule has 18 atom stereocenters. The number of nitrogens with zero attached hydrogens (tertiary/aromatic N) is 1. The van der Waals surface area contributed by atoms with E-state index in [9.17, 15) is 113 Å². The van der Waals surface area contributed by atoms with Crippen LogP contribution in [0.15, 0.2) is 0 Å². The zero-order chi connectivity index (χ0) is 94.6. The molecule has 0 aromatic heterocycles. The Morgan fingerprint density at radius 3 is 1.01 bits per heavy atom. The molecule has 4 aliphatic heterocycles. The molecule has 0 aromatic rings. The predicted octanol–water partition coefficient (Wildman–Crippen LogP) is -4.52. The van der Waals surface area contributed by atoms with Gasteiger partial charge in [0, 0.05) is 138 Å². The normalized spacial score (nSPS) is 25.1. The minimum Gasteiger partial charge on any atom is -0.756 e. The van der Waals surface area contributed by atoms with E-state index in [0.717, 1.165) is 32.1 Å². The van der Waals surface area contributed by atoms with Gasteiger partial charge in [0.2, 0.25) is 65.0 Å². The first-order valence-corrected chi connectivity index (χ1v) is 46.2. The molecule has 0 spiro atoms. The average Bonchev–Trinajstić information content (AvgIpc) is 1.13. The summed E-state index contributed by atoms with van der Waals surface area (Å²) in [4.78, 5) is 154. The van der Waals surface area contributed by atoms with Crippen molar-refractivity contribution in [2.75, 3.05) is 132 Å². The first-order chi connectivity index (χ1) is 60.9. The molecule has 0 saturated carbocycles. The van der Waals surface area contributed by atoms with Crippen LogP contribution in [0, 0.1) is 0 Å². The number of carbonyl (C=O) groups is 11. The molecule has 0 aromatic carbocycles. The van der Waals surface area contributed by atoms with Crippen molar-refractivity contribution in [3.63, 3.8) is 0 Å². The van der Waals surface area contributed by atoms with Gasteiger partial charge in [-0.1, -0.05) is 38.5 Å². The number of nitrogens with one attached hydrogen (secondary N) is 10. The molecule has 45 nitrogen and oxygen atoms in total. The summed E-state index contributed by atoms with van der Waals surface area (Å²) in [5.74, 6) is -4.11. The summed E-state index contributed by atoms with van der Waals surface area (Å²) in [6.07, 6.45) is -7.07. The highest BCUT2D eigenvalue weighted by Gasteiger charge is 2.49. The number of aliphatic hydroxyl groups excluding tert-OH is 10. The van der Waals surface area contributed by atoms with Crippen molar-refractivity contribution in [2.24, 2.45) is 0 Å². The van der Waals surface area contributed by atoms with Gasteiger partial charge in [-0.2, -0.15) is 0 Å². The summed E-state index contributed by atoms with van der Waals surface area (Å²) >= 11 is 0. The van der Waals surface area contributed by atoms with E-state index < -0.39 is 184 Å². The van der Waals surface area contributed by atoms with Crippen LogP contribution in [0.25, 0.3) is 0 Å². The van der Waals surface area contributed by atoms with Gasteiger partial charge in [-0.3, -0.25) is 57.3 Å². The standard InChI is InChI=1S/C82H148N11O34P/c1-53(97)89-69-75(112)72(109)58(46-94)124-78(69)120-38-18-15-24-61(101)83-32-21-35-86-64(104)29-41-117-50-82(92-67(107)27-13-11-9-7-8-10-12-14-28-68(108)93-45-57(100)44-56(93)49-123-128(115,116)127-81(4,5)6,51-118-42-30-65(105)87-36-22-33-84-62(102)25-16-19-39-121-79-70(90-54(2)98)76(113)73(110)59(47-95)125-79)52-119-43-31-66(106)88-37-23-34-85-63(103)26-17-20-40-122-80-71(91-55(3)99)77(114)74(111)60(48-96)126-80/h56-60,69-80,94-96,100,109-114H,7-52H2,1-6H3,(H,83,101)(H,84,102)(H,85,103)(H,86,104)(H,87,105)(H,88,106)(H,89,97)(H,90,98)(H,91,99)(H,92,107)(H,115,116)/p-1/t56-,57+,58?,59?,60?,69?,70?,71?,72?,73?,74?,75?,76?,77?,78?,79?,80?,82?/m0/s1. The number of hydrogen-bond donors (Lipinski definition) is 20.